The highest BCUT2D eigenvalue weighted by atomic mass is 19.3. The number of amides is 2. The summed E-state index contributed by atoms with van der Waals surface area (Å²) in [6.07, 6.45) is -2.27. The van der Waals surface area contributed by atoms with E-state index >= 15 is 8.78 Å². The van der Waals surface area contributed by atoms with Gasteiger partial charge in [0, 0.05) is 0 Å². The van der Waals surface area contributed by atoms with Gasteiger partial charge in [0.1, 0.15) is 18.8 Å². The van der Waals surface area contributed by atoms with Crippen molar-refractivity contribution < 1.29 is 33.0 Å². The number of halogens is 2. The summed E-state index contributed by atoms with van der Waals surface area (Å²) in [5, 5.41) is 15.7. The molecule has 0 saturated carbocycles. The molecule has 0 aliphatic rings. The number of benzene rings is 2. The molecule has 0 radical (unpaired) electrons. The number of esters is 1. The maximum absolute atomic E-state index is 15.2. The van der Waals surface area contributed by atoms with Crippen molar-refractivity contribution in [3.05, 3.63) is 71.3 Å². The summed E-state index contributed by atoms with van der Waals surface area (Å²) >= 11 is 0. The van der Waals surface area contributed by atoms with Crippen LogP contribution in [0.1, 0.15) is 50.3 Å². The van der Waals surface area contributed by atoms with E-state index in [0.717, 1.165) is 11.1 Å². The third kappa shape index (κ3) is 9.71. The Bertz CT molecular complexity index is 1100. The second-order valence-corrected chi connectivity index (χ2v) is 10.1. The molecule has 0 heterocycles. The summed E-state index contributed by atoms with van der Waals surface area (Å²) in [6, 6.07) is 10.9. The predicted molar refractivity (Wildman–Crippen MR) is 144 cm³/mol. The number of aliphatic hydroxyl groups is 1. The molecule has 0 aromatic heterocycles. The molecule has 8 nitrogen and oxygen atoms in total. The number of aliphatic hydroxyl groups excluding tert-OH is 1. The van der Waals surface area contributed by atoms with Gasteiger partial charge in [0.2, 0.25) is 11.8 Å². The summed E-state index contributed by atoms with van der Waals surface area (Å²) in [6.45, 7) is 6.77. The molecule has 2 amide bonds. The van der Waals surface area contributed by atoms with Gasteiger partial charge in [-0.15, -0.1) is 0 Å². The van der Waals surface area contributed by atoms with Crippen molar-refractivity contribution in [2.24, 2.45) is 11.7 Å². The Morgan fingerprint density at radius 1 is 1.03 bits per heavy atom. The minimum atomic E-state index is -4.11. The van der Waals surface area contributed by atoms with Crippen LogP contribution < -0.4 is 16.4 Å². The van der Waals surface area contributed by atoms with Crippen LogP contribution in [0.3, 0.4) is 0 Å². The van der Waals surface area contributed by atoms with Crippen LogP contribution in [0.4, 0.5) is 8.78 Å². The monoisotopic (exact) mass is 547 g/mol. The van der Waals surface area contributed by atoms with Crippen molar-refractivity contribution in [1.29, 1.82) is 0 Å². The second-order valence-electron chi connectivity index (χ2n) is 10.1. The summed E-state index contributed by atoms with van der Waals surface area (Å²) in [5.74, 6) is -6.82. The molecule has 39 heavy (non-hydrogen) atoms. The van der Waals surface area contributed by atoms with Gasteiger partial charge in [0.15, 0.2) is 6.04 Å². The van der Waals surface area contributed by atoms with Gasteiger partial charge in [-0.05, 0) is 36.8 Å². The second kappa shape index (κ2) is 14.7. The molecular weight excluding hydrogens is 508 g/mol. The van der Waals surface area contributed by atoms with E-state index in [4.69, 9.17) is 10.5 Å². The third-order valence-corrected chi connectivity index (χ3v) is 6.23. The molecule has 2 aromatic rings. The Morgan fingerprint density at radius 3 is 2.26 bits per heavy atom. The standard InChI is InChI=1S/C29H39F2N3O5/c1-5-22(33-24(35)16-21-13-9-10-19(4)15-21)27(37)34-23(14-18(2)3)26(36)29(30,31)25(32)28(38)39-17-20-11-7-6-8-12-20/h6-13,15,18,22-23,25-26,36H,5,14,16-17,32H2,1-4H3,(H,33,35)(H,34,37)/t22-,23?,25?,26?/m1/s1. The van der Waals surface area contributed by atoms with E-state index in [9.17, 15) is 19.5 Å². The molecule has 0 aliphatic heterocycles. The van der Waals surface area contributed by atoms with E-state index in [-0.39, 0.29) is 31.8 Å². The first-order valence-electron chi connectivity index (χ1n) is 13.0. The molecule has 0 saturated heterocycles. The van der Waals surface area contributed by atoms with E-state index < -0.39 is 47.9 Å². The van der Waals surface area contributed by atoms with Gasteiger partial charge in [-0.1, -0.05) is 80.9 Å². The predicted octanol–water partition coefficient (Wildman–Crippen LogP) is 3.03. The van der Waals surface area contributed by atoms with Crippen molar-refractivity contribution in [2.45, 2.75) is 83.7 Å². The van der Waals surface area contributed by atoms with Crippen LogP contribution in [0, 0.1) is 12.8 Å². The average Bonchev–Trinajstić information content (AvgIpc) is 2.89. The topological polar surface area (TPSA) is 131 Å². The lowest BCUT2D eigenvalue weighted by atomic mass is 9.92. The van der Waals surface area contributed by atoms with Gasteiger partial charge in [-0.25, -0.2) is 8.78 Å². The van der Waals surface area contributed by atoms with Crippen LogP contribution in [0.15, 0.2) is 54.6 Å². The van der Waals surface area contributed by atoms with Crippen molar-refractivity contribution in [3.8, 4) is 0 Å². The largest absolute Gasteiger partial charge is 0.459 e. The van der Waals surface area contributed by atoms with Crippen molar-refractivity contribution >= 4 is 17.8 Å². The summed E-state index contributed by atoms with van der Waals surface area (Å²) in [5.41, 5.74) is 7.88. The maximum atomic E-state index is 15.2. The zero-order valence-electron chi connectivity index (χ0n) is 22.8. The van der Waals surface area contributed by atoms with Crippen LogP contribution >= 0.6 is 0 Å². The number of hydrogen-bond acceptors (Lipinski definition) is 6. The molecule has 0 bridgehead atoms. The quantitative estimate of drug-likeness (QED) is 0.269. The minimum Gasteiger partial charge on any atom is -0.459 e. The zero-order valence-corrected chi connectivity index (χ0v) is 22.8. The number of alkyl halides is 2. The number of carbonyl (C=O) groups is 3. The average molecular weight is 548 g/mol. The third-order valence-electron chi connectivity index (χ3n) is 6.23. The lowest BCUT2D eigenvalue weighted by Crippen LogP contribution is -2.62. The number of hydrogen-bond donors (Lipinski definition) is 4. The molecule has 0 spiro atoms. The molecule has 3 unspecified atom stereocenters. The molecule has 2 aromatic carbocycles. The molecular formula is C29H39F2N3O5. The fourth-order valence-corrected chi connectivity index (χ4v) is 4.09. The highest BCUT2D eigenvalue weighted by Crippen LogP contribution is 2.28. The van der Waals surface area contributed by atoms with Crippen LogP contribution in [0.2, 0.25) is 0 Å². The van der Waals surface area contributed by atoms with E-state index in [1.165, 1.54) is 0 Å². The van der Waals surface area contributed by atoms with Gasteiger partial charge in [0.05, 0.1) is 12.5 Å². The van der Waals surface area contributed by atoms with Gasteiger partial charge in [-0.2, -0.15) is 0 Å². The van der Waals surface area contributed by atoms with Crippen molar-refractivity contribution in [3.63, 3.8) is 0 Å². The Labute approximate surface area is 228 Å². The van der Waals surface area contributed by atoms with Gasteiger partial charge in [0.25, 0.3) is 0 Å². The SMILES string of the molecule is CC[C@@H](NC(=O)Cc1cccc(C)c1)C(=O)NC(CC(C)C)C(O)C(F)(F)C(N)C(=O)OCc1ccccc1. The summed E-state index contributed by atoms with van der Waals surface area (Å²) in [4.78, 5) is 37.9. The van der Waals surface area contributed by atoms with E-state index in [1.54, 1.807) is 57.2 Å². The first kappa shape index (κ1) is 31.8. The Balaban J connectivity index is 2.07. The van der Waals surface area contributed by atoms with E-state index in [1.807, 2.05) is 25.1 Å². The molecule has 214 valence electrons. The Hall–Kier alpha value is -3.37. The number of nitrogens with one attached hydrogen (secondary N) is 2. The minimum absolute atomic E-state index is 0.0258. The van der Waals surface area contributed by atoms with Crippen LogP contribution in [0.25, 0.3) is 0 Å². The van der Waals surface area contributed by atoms with Crippen molar-refractivity contribution in [2.75, 3.05) is 0 Å². The van der Waals surface area contributed by atoms with E-state index in [2.05, 4.69) is 10.6 Å². The van der Waals surface area contributed by atoms with Gasteiger partial charge < -0.3 is 26.2 Å². The molecule has 10 heteroatoms. The van der Waals surface area contributed by atoms with Gasteiger partial charge in [-0.3, -0.25) is 14.4 Å². The smallest absolute Gasteiger partial charge is 0.329 e. The number of aryl methyl sites for hydroxylation is 1. The Kier molecular flexibility index (Phi) is 12.0. The maximum Gasteiger partial charge on any atom is 0.329 e. The highest BCUT2D eigenvalue weighted by molar-refractivity contribution is 5.88. The number of rotatable bonds is 14. The van der Waals surface area contributed by atoms with Crippen LogP contribution in [-0.2, 0) is 32.1 Å². The molecule has 2 rings (SSSR count). The van der Waals surface area contributed by atoms with Crippen molar-refractivity contribution in [1.82, 2.24) is 10.6 Å². The zero-order chi connectivity index (χ0) is 29.2. The van der Waals surface area contributed by atoms with Crippen LogP contribution in [-0.4, -0.2) is 53.0 Å². The van der Waals surface area contributed by atoms with Gasteiger partial charge >= 0.3 is 11.9 Å². The molecule has 5 N–H and O–H groups in total. The number of ether oxygens (including phenoxy) is 1. The summed E-state index contributed by atoms with van der Waals surface area (Å²) in [7, 11) is 0. The number of carbonyl (C=O) groups excluding carboxylic acids is 3. The lowest BCUT2D eigenvalue weighted by molar-refractivity contribution is -0.174. The lowest BCUT2D eigenvalue weighted by Gasteiger charge is -2.34. The highest BCUT2D eigenvalue weighted by Gasteiger charge is 2.52. The first-order valence-corrected chi connectivity index (χ1v) is 13.0. The normalized spacial score (nSPS) is 14.7. The molecule has 4 atom stereocenters. The van der Waals surface area contributed by atoms with E-state index in [0.29, 0.717) is 5.56 Å². The molecule has 0 aliphatic carbocycles. The Morgan fingerprint density at radius 2 is 1.67 bits per heavy atom. The summed E-state index contributed by atoms with van der Waals surface area (Å²) < 4.78 is 35.4. The fourth-order valence-electron chi connectivity index (χ4n) is 4.09. The number of nitrogens with two attached hydrogens (primary N) is 1. The molecule has 0 fully saturated rings. The first-order chi connectivity index (χ1) is 18.3. The fraction of sp³-hybridized carbons (Fsp3) is 0.483. The van der Waals surface area contributed by atoms with Crippen LogP contribution in [0.5, 0.6) is 0 Å².